The second-order valence-corrected chi connectivity index (χ2v) is 7.96. The molecule has 0 radical (unpaired) electrons. The van der Waals surface area contributed by atoms with Crippen molar-refractivity contribution < 1.29 is 19.1 Å². The molecule has 1 fully saturated rings. The molecule has 9 nitrogen and oxygen atoms in total. The van der Waals surface area contributed by atoms with Gasteiger partial charge in [-0.05, 0) is 43.2 Å². The van der Waals surface area contributed by atoms with Crippen molar-refractivity contribution >= 4 is 17.7 Å². The summed E-state index contributed by atoms with van der Waals surface area (Å²) in [6.07, 6.45) is 2.35. The molecule has 1 aromatic heterocycles. The number of nitrogens with one attached hydrogen (secondary N) is 1. The fourth-order valence-corrected chi connectivity index (χ4v) is 4.11. The zero-order valence-electron chi connectivity index (χ0n) is 17.4. The molecule has 3 heterocycles. The Morgan fingerprint density at radius 1 is 1.16 bits per heavy atom. The second kappa shape index (κ2) is 7.92. The van der Waals surface area contributed by atoms with Crippen LogP contribution in [0.25, 0.3) is 5.69 Å². The lowest BCUT2D eigenvalue weighted by atomic mass is 10.0. The van der Waals surface area contributed by atoms with Crippen molar-refractivity contribution in [2.45, 2.75) is 39.0 Å². The van der Waals surface area contributed by atoms with Crippen LogP contribution in [0, 0.1) is 6.92 Å². The van der Waals surface area contributed by atoms with Gasteiger partial charge < -0.3 is 9.64 Å². The normalized spacial score (nSPS) is 18.0. The van der Waals surface area contributed by atoms with Crippen LogP contribution in [0.2, 0.25) is 0 Å². The Balaban J connectivity index is 1.31. The predicted octanol–water partition coefficient (Wildman–Crippen LogP) is 1.92. The van der Waals surface area contributed by atoms with E-state index in [2.05, 4.69) is 15.6 Å². The van der Waals surface area contributed by atoms with Gasteiger partial charge in [0.25, 0.3) is 5.91 Å². The van der Waals surface area contributed by atoms with Gasteiger partial charge in [0.1, 0.15) is 24.1 Å². The number of hydrogen-bond donors (Lipinski definition) is 1. The van der Waals surface area contributed by atoms with Crippen LogP contribution < -0.4 is 10.1 Å². The van der Waals surface area contributed by atoms with Crippen molar-refractivity contribution in [1.82, 2.24) is 25.2 Å². The third-order valence-electron chi connectivity index (χ3n) is 5.72. The SMILES string of the molecule is Cc1cccc(-n2cc(COc3cccc4c3CN(C3CCC(=O)NC3=O)C4=O)nn2)c1. The molecule has 1 atom stereocenters. The van der Waals surface area contributed by atoms with Crippen LogP contribution in [0.1, 0.15) is 40.0 Å². The zero-order chi connectivity index (χ0) is 22.2. The molecule has 1 saturated heterocycles. The summed E-state index contributed by atoms with van der Waals surface area (Å²) in [5.41, 5.74) is 3.93. The zero-order valence-corrected chi connectivity index (χ0v) is 17.4. The lowest BCUT2D eigenvalue weighted by molar-refractivity contribution is -0.136. The summed E-state index contributed by atoms with van der Waals surface area (Å²) in [6, 6.07) is 12.6. The van der Waals surface area contributed by atoms with Crippen LogP contribution >= 0.6 is 0 Å². The summed E-state index contributed by atoms with van der Waals surface area (Å²) in [5.74, 6) is -0.406. The number of ether oxygens (including phenoxy) is 1. The van der Waals surface area contributed by atoms with E-state index in [0.29, 0.717) is 23.4 Å². The first-order chi connectivity index (χ1) is 15.5. The summed E-state index contributed by atoms with van der Waals surface area (Å²) in [4.78, 5) is 38.1. The van der Waals surface area contributed by atoms with E-state index < -0.39 is 11.9 Å². The van der Waals surface area contributed by atoms with Gasteiger partial charge in [-0.2, -0.15) is 0 Å². The number of hydrogen-bond acceptors (Lipinski definition) is 6. The molecule has 3 aromatic rings. The first kappa shape index (κ1) is 19.9. The molecule has 0 bridgehead atoms. The molecule has 2 aromatic carbocycles. The van der Waals surface area contributed by atoms with E-state index in [9.17, 15) is 14.4 Å². The van der Waals surface area contributed by atoms with E-state index in [1.54, 1.807) is 29.1 Å². The summed E-state index contributed by atoms with van der Waals surface area (Å²) < 4.78 is 7.68. The lowest BCUT2D eigenvalue weighted by Crippen LogP contribution is -2.52. The van der Waals surface area contributed by atoms with Gasteiger partial charge in [0.05, 0.1) is 18.4 Å². The molecular formula is C23H21N5O4. The Morgan fingerprint density at radius 3 is 2.81 bits per heavy atom. The first-order valence-electron chi connectivity index (χ1n) is 10.4. The van der Waals surface area contributed by atoms with Crippen LogP contribution in [0.5, 0.6) is 5.75 Å². The highest BCUT2D eigenvalue weighted by Gasteiger charge is 2.40. The lowest BCUT2D eigenvalue weighted by Gasteiger charge is -2.29. The number of aryl methyl sites for hydroxylation is 1. The topological polar surface area (TPSA) is 106 Å². The molecule has 0 spiro atoms. The molecule has 0 saturated carbocycles. The molecular weight excluding hydrogens is 410 g/mol. The number of benzene rings is 2. The van der Waals surface area contributed by atoms with Crippen molar-refractivity contribution in [2.24, 2.45) is 0 Å². The highest BCUT2D eigenvalue weighted by molar-refractivity contribution is 6.05. The smallest absolute Gasteiger partial charge is 0.255 e. The number of carbonyl (C=O) groups excluding carboxylic acids is 3. The molecule has 1 unspecified atom stereocenters. The van der Waals surface area contributed by atoms with Crippen LogP contribution in [-0.2, 0) is 22.7 Å². The van der Waals surface area contributed by atoms with Crippen LogP contribution in [-0.4, -0.2) is 43.7 Å². The summed E-state index contributed by atoms with van der Waals surface area (Å²) >= 11 is 0. The van der Waals surface area contributed by atoms with Gasteiger partial charge in [-0.3, -0.25) is 19.7 Å². The van der Waals surface area contributed by atoms with E-state index in [0.717, 1.165) is 16.8 Å². The molecule has 1 N–H and O–H groups in total. The van der Waals surface area contributed by atoms with Gasteiger partial charge in [-0.1, -0.05) is 23.4 Å². The van der Waals surface area contributed by atoms with E-state index >= 15 is 0 Å². The highest BCUT2D eigenvalue weighted by Crippen LogP contribution is 2.33. The van der Waals surface area contributed by atoms with Crippen molar-refractivity contribution in [3.8, 4) is 11.4 Å². The Kier molecular flexibility index (Phi) is 4.93. The van der Waals surface area contributed by atoms with E-state index in [1.165, 1.54) is 4.90 Å². The fourth-order valence-electron chi connectivity index (χ4n) is 4.11. The van der Waals surface area contributed by atoms with Gasteiger partial charge in [0.15, 0.2) is 0 Å². The van der Waals surface area contributed by atoms with Crippen molar-refractivity contribution in [1.29, 1.82) is 0 Å². The Bertz CT molecular complexity index is 1230. The monoisotopic (exact) mass is 431 g/mol. The number of aromatic nitrogens is 3. The van der Waals surface area contributed by atoms with Crippen molar-refractivity contribution in [3.63, 3.8) is 0 Å². The number of carbonyl (C=O) groups is 3. The number of imide groups is 1. The number of rotatable bonds is 5. The Morgan fingerprint density at radius 2 is 2.00 bits per heavy atom. The van der Waals surface area contributed by atoms with E-state index in [4.69, 9.17) is 4.74 Å². The maximum atomic E-state index is 12.9. The highest BCUT2D eigenvalue weighted by atomic mass is 16.5. The van der Waals surface area contributed by atoms with Crippen LogP contribution in [0.3, 0.4) is 0 Å². The Labute approximate surface area is 184 Å². The summed E-state index contributed by atoms with van der Waals surface area (Å²) in [7, 11) is 0. The predicted molar refractivity (Wildman–Crippen MR) is 113 cm³/mol. The molecule has 2 aliphatic rings. The van der Waals surface area contributed by atoms with Gasteiger partial charge in [0, 0.05) is 17.5 Å². The van der Waals surface area contributed by atoms with Crippen molar-refractivity contribution in [2.75, 3.05) is 0 Å². The van der Waals surface area contributed by atoms with Crippen LogP contribution in [0.15, 0.2) is 48.7 Å². The number of amides is 3. The summed E-state index contributed by atoms with van der Waals surface area (Å²) in [6.45, 7) is 2.46. The molecule has 162 valence electrons. The Hall–Kier alpha value is -4.01. The molecule has 3 amide bonds. The van der Waals surface area contributed by atoms with Gasteiger partial charge in [-0.15, -0.1) is 5.10 Å². The quantitative estimate of drug-likeness (QED) is 0.619. The van der Waals surface area contributed by atoms with Gasteiger partial charge in [-0.25, -0.2) is 4.68 Å². The standard InChI is InChI=1S/C23H21N5O4/c1-14-4-2-5-16(10-14)28-11-15(25-26-28)13-32-20-7-3-6-17-18(20)12-27(23(17)31)19-8-9-21(29)24-22(19)30/h2-7,10-11,19H,8-9,12-13H2,1H3,(H,24,29,30). The molecule has 5 rings (SSSR count). The second-order valence-electron chi connectivity index (χ2n) is 7.96. The number of piperidine rings is 1. The summed E-state index contributed by atoms with van der Waals surface area (Å²) in [5, 5.41) is 10.7. The maximum absolute atomic E-state index is 12.9. The molecule has 9 heteroatoms. The minimum absolute atomic E-state index is 0.189. The number of fused-ring (bicyclic) bond motifs is 1. The minimum Gasteiger partial charge on any atom is -0.487 e. The minimum atomic E-state index is -0.658. The van der Waals surface area contributed by atoms with E-state index in [1.807, 2.05) is 31.2 Å². The van der Waals surface area contributed by atoms with Gasteiger partial charge >= 0.3 is 0 Å². The molecule has 0 aliphatic carbocycles. The van der Waals surface area contributed by atoms with Crippen LogP contribution in [0.4, 0.5) is 0 Å². The molecule has 2 aliphatic heterocycles. The first-order valence-corrected chi connectivity index (χ1v) is 10.4. The maximum Gasteiger partial charge on any atom is 0.255 e. The average molecular weight is 431 g/mol. The van der Waals surface area contributed by atoms with E-state index in [-0.39, 0.29) is 31.4 Å². The van der Waals surface area contributed by atoms with Gasteiger partial charge in [0.2, 0.25) is 11.8 Å². The van der Waals surface area contributed by atoms with Crippen molar-refractivity contribution in [3.05, 3.63) is 71.0 Å². The average Bonchev–Trinajstić information content (AvgIpc) is 3.38. The third-order valence-corrected chi connectivity index (χ3v) is 5.72. The fraction of sp³-hybridized carbons (Fsp3) is 0.261. The number of nitrogens with zero attached hydrogens (tertiary/aromatic N) is 4. The molecule has 32 heavy (non-hydrogen) atoms. The third kappa shape index (κ3) is 3.62. The largest absolute Gasteiger partial charge is 0.487 e.